The fourth-order valence-electron chi connectivity index (χ4n) is 1.62. The molecule has 20 heavy (non-hydrogen) atoms. The molecule has 0 aliphatic rings. The molecule has 0 spiro atoms. The Morgan fingerprint density at radius 1 is 1.25 bits per heavy atom. The van der Waals surface area contributed by atoms with Crippen molar-refractivity contribution >= 4 is 40.6 Å². The van der Waals surface area contributed by atoms with Crippen LogP contribution in [0.5, 0.6) is 0 Å². The van der Waals surface area contributed by atoms with Gasteiger partial charge in [0.25, 0.3) is 0 Å². The molecule has 104 valence electrons. The number of para-hydroxylation sites is 1. The minimum absolute atomic E-state index is 0.0697. The first kappa shape index (κ1) is 14.8. The Bertz CT molecular complexity index is 604. The monoisotopic (exact) mass is 306 g/mol. The van der Waals surface area contributed by atoms with Crippen molar-refractivity contribution in [1.29, 1.82) is 0 Å². The molecule has 0 radical (unpaired) electrons. The first-order valence-corrected chi connectivity index (χ1v) is 7.39. The molecule has 0 saturated heterocycles. The van der Waals surface area contributed by atoms with E-state index in [1.807, 2.05) is 37.3 Å². The third-order valence-electron chi connectivity index (χ3n) is 2.67. The van der Waals surface area contributed by atoms with Crippen molar-refractivity contribution in [2.75, 3.05) is 11.1 Å². The van der Waals surface area contributed by atoms with Crippen molar-refractivity contribution in [3.05, 3.63) is 53.6 Å². The van der Waals surface area contributed by atoms with Crippen LogP contribution in [0.15, 0.2) is 53.4 Å². The van der Waals surface area contributed by atoms with E-state index in [0.29, 0.717) is 10.7 Å². The molecule has 2 aromatic carbocycles. The van der Waals surface area contributed by atoms with Crippen molar-refractivity contribution in [2.24, 2.45) is 0 Å². The van der Waals surface area contributed by atoms with Crippen LogP contribution < -0.4 is 11.1 Å². The highest BCUT2D eigenvalue weighted by Crippen LogP contribution is 2.32. The minimum Gasteiger partial charge on any atom is -0.399 e. The summed E-state index contributed by atoms with van der Waals surface area (Å²) in [5, 5.41) is 3.19. The molecule has 0 fully saturated rings. The standard InChI is InChI=1S/C15H15ClN2OS/c1-10(15(19)18-12-5-3-2-4-6-12)20-14-9-11(17)7-8-13(14)16/h2-10H,17H2,1H3,(H,18,19). The predicted octanol–water partition coefficient (Wildman–Crippen LogP) is 4.04. The van der Waals surface area contributed by atoms with E-state index in [1.54, 1.807) is 18.2 Å². The third-order valence-corrected chi connectivity index (χ3v) is 4.27. The highest BCUT2D eigenvalue weighted by atomic mass is 35.5. The summed E-state index contributed by atoms with van der Waals surface area (Å²) in [5.41, 5.74) is 7.14. The summed E-state index contributed by atoms with van der Waals surface area (Å²) in [6.45, 7) is 1.84. The lowest BCUT2D eigenvalue weighted by molar-refractivity contribution is -0.115. The first-order chi connectivity index (χ1) is 9.56. The molecule has 0 aromatic heterocycles. The van der Waals surface area contributed by atoms with Gasteiger partial charge in [0.1, 0.15) is 0 Å². The van der Waals surface area contributed by atoms with Gasteiger partial charge in [-0.3, -0.25) is 4.79 Å². The van der Waals surface area contributed by atoms with Crippen molar-refractivity contribution in [2.45, 2.75) is 17.1 Å². The number of amides is 1. The van der Waals surface area contributed by atoms with Crippen molar-refractivity contribution in [3.63, 3.8) is 0 Å². The molecule has 0 bridgehead atoms. The number of hydrogen-bond donors (Lipinski definition) is 2. The number of nitrogens with two attached hydrogens (primary N) is 1. The Morgan fingerprint density at radius 3 is 2.65 bits per heavy atom. The number of carbonyl (C=O) groups excluding carboxylic acids is 1. The number of thioether (sulfide) groups is 1. The summed E-state index contributed by atoms with van der Waals surface area (Å²) < 4.78 is 0. The summed E-state index contributed by atoms with van der Waals surface area (Å²) in [4.78, 5) is 12.9. The normalized spacial score (nSPS) is 11.9. The van der Waals surface area contributed by atoms with Gasteiger partial charge in [-0.1, -0.05) is 29.8 Å². The van der Waals surface area contributed by atoms with Crippen LogP contribution >= 0.6 is 23.4 Å². The van der Waals surface area contributed by atoms with Crippen LogP contribution in [0.25, 0.3) is 0 Å². The van der Waals surface area contributed by atoms with Crippen LogP contribution in [0.3, 0.4) is 0 Å². The maximum absolute atomic E-state index is 12.1. The van der Waals surface area contributed by atoms with Gasteiger partial charge in [-0.05, 0) is 37.3 Å². The molecule has 1 unspecified atom stereocenters. The first-order valence-electron chi connectivity index (χ1n) is 6.14. The van der Waals surface area contributed by atoms with Crippen molar-refractivity contribution < 1.29 is 4.79 Å². The average Bonchev–Trinajstić information content (AvgIpc) is 2.44. The SMILES string of the molecule is CC(Sc1cc(N)ccc1Cl)C(=O)Nc1ccccc1. The molecule has 0 saturated carbocycles. The number of halogens is 1. The van der Waals surface area contributed by atoms with Crippen LogP contribution in [0.1, 0.15) is 6.92 Å². The highest BCUT2D eigenvalue weighted by Gasteiger charge is 2.16. The minimum atomic E-state index is -0.269. The maximum Gasteiger partial charge on any atom is 0.237 e. The van der Waals surface area contributed by atoms with Crippen LogP contribution in [-0.4, -0.2) is 11.2 Å². The second-order valence-electron chi connectivity index (χ2n) is 4.31. The van der Waals surface area contributed by atoms with E-state index in [1.165, 1.54) is 11.8 Å². The van der Waals surface area contributed by atoms with Crippen LogP contribution in [0.4, 0.5) is 11.4 Å². The molecular weight excluding hydrogens is 292 g/mol. The molecule has 0 aliphatic carbocycles. The summed E-state index contributed by atoms with van der Waals surface area (Å²) in [6.07, 6.45) is 0. The van der Waals surface area contributed by atoms with Gasteiger partial charge in [0, 0.05) is 16.3 Å². The van der Waals surface area contributed by atoms with Gasteiger partial charge in [-0.2, -0.15) is 0 Å². The average molecular weight is 307 g/mol. The van der Waals surface area contributed by atoms with Crippen LogP contribution in [0, 0.1) is 0 Å². The predicted molar refractivity (Wildman–Crippen MR) is 86.3 cm³/mol. The van der Waals surface area contributed by atoms with E-state index in [-0.39, 0.29) is 11.2 Å². The summed E-state index contributed by atoms with van der Waals surface area (Å²) in [6, 6.07) is 14.6. The molecule has 2 rings (SSSR count). The maximum atomic E-state index is 12.1. The molecule has 5 heteroatoms. The molecule has 1 atom stereocenters. The lowest BCUT2D eigenvalue weighted by atomic mass is 10.3. The van der Waals surface area contributed by atoms with Gasteiger partial charge in [0.05, 0.1) is 10.3 Å². The van der Waals surface area contributed by atoms with E-state index in [9.17, 15) is 4.79 Å². The zero-order chi connectivity index (χ0) is 14.5. The summed E-state index contributed by atoms with van der Waals surface area (Å²) >= 11 is 7.48. The zero-order valence-electron chi connectivity index (χ0n) is 11.0. The van der Waals surface area contributed by atoms with E-state index in [4.69, 9.17) is 17.3 Å². The topological polar surface area (TPSA) is 55.1 Å². The zero-order valence-corrected chi connectivity index (χ0v) is 12.5. The Balaban J connectivity index is 2.02. The molecule has 3 nitrogen and oxygen atoms in total. The second kappa shape index (κ2) is 6.68. The number of carbonyl (C=O) groups is 1. The summed E-state index contributed by atoms with van der Waals surface area (Å²) in [7, 11) is 0. The molecule has 2 aromatic rings. The second-order valence-corrected chi connectivity index (χ2v) is 6.10. The number of hydrogen-bond acceptors (Lipinski definition) is 3. The fraction of sp³-hybridized carbons (Fsp3) is 0.133. The molecular formula is C15H15ClN2OS. The molecule has 0 heterocycles. The fourth-order valence-corrected chi connectivity index (χ4v) is 2.80. The number of anilines is 2. The Morgan fingerprint density at radius 2 is 1.95 bits per heavy atom. The van der Waals surface area contributed by atoms with Crippen molar-refractivity contribution in [3.8, 4) is 0 Å². The van der Waals surface area contributed by atoms with Gasteiger partial charge in [-0.25, -0.2) is 0 Å². The van der Waals surface area contributed by atoms with Gasteiger partial charge in [0.2, 0.25) is 5.91 Å². The van der Waals surface area contributed by atoms with Crippen LogP contribution in [-0.2, 0) is 4.79 Å². The lowest BCUT2D eigenvalue weighted by Crippen LogP contribution is -2.22. The summed E-state index contributed by atoms with van der Waals surface area (Å²) in [5.74, 6) is -0.0697. The molecule has 1 amide bonds. The molecule has 3 N–H and O–H groups in total. The lowest BCUT2D eigenvalue weighted by Gasteiger charge is -2.13. The Kier molecular flexibility index (Phi) is 4.93. The Hall–Kier alpha value is -1.65. The van der Waals surface area contributed by atoms with Crippen molar-refractivity contribution in [1.82, 2.24) is 0 Å². The number of rotatable bonds is 4. The van der Waals surface area contributed by atoms with Gasteiger partial charge < -0.3 is 11.1 Å². The highest BCUT2D eigenvalue weighted by molar-refractivity contribution is 8.00. The Labute approximate surface area is 127 Å². The quantitative estimate of drug-likeness (QED) is 0.662. The van der Waals surface area contributed by atoms with Crippen LogP contribution in [0.2, 0.25) is 5.02 Å². The van der Waals surface area contributed by atoms with Gasteiger partial charge >= 0.3 is 0 Å². The van der Waals surface area contributed by atoms with E-state index < -0.39 is 0 Å². The van der Waals surface area contributed by atoms with Gasteiger partial charge in [0.15, 0.2) is 0 Å². The number of nitrogen functional groups attached to an aromatic ring is 1. The van der Waals surface area contributed by atoms with E-state index in [2.05, 4.69) is 5.32 Å². The smallest absolute Gasteiger partial charge is 0.237 e. The van der Waals surface area contributed by atoms with E-state index >= 15 is 0 Å². The number of benzene rings is 2. The third kappa shape index (κ3) is 3.92. The van der Waals surface area contributed by atoms with Gasteiger partial charge in [-0.15, -0.1) is 11.8 Å². The molecule has 0 aliphatic heterocycles. The number of nitrogens with one attached hydrogen (secondary N) is 1. The largest absolute Gasteiger partial charge is 0.399 e. The van der Waals surface area contributed by atoms with E-state index in [0.717, 1.165) is 10.6 Å².